The zero-order valence-corrected chi connectivity index (χ0v) is 51.8. The van der Waals surface area contributed by atoms with Gasteiger partial charge in [0, 0.05) is 12.8 Å². The lowest BCUT2D eigenvalue weighted by Crippen LogP contribution is -2.45. The topological polar surface area (TPSA) is 95.9 Å². The van der Waals surface area contributed by atoms with E-state index in [0.29, 0.717) is 25.9 Å². The molecule has 0 fully saturated rings. The molecule has 6 heteroatoms. The average Bonchev–Trinajstić information content (AvgIpc) is 3.42. The maximum absolute atomic E-state index is 12.5. The minimum absolute atomic E-state index is 0.00916. The second-order valence-electron chi connectivity index (χ2n) is 24.2. The standard InChI is InChI=1S/C70H137NO5/c1-3-5-7-9-11-13-15-17-19-21-23-24-25-27-30-34-38-42-46-50-54-58-62-68(73)67(66-72)71-69(74)63-59-55-51-47-43-39-35-31-28-29-33-37-41-45-49-53-57-61-65-76-70(75)64-60-56-52-48-44-40-36-32-26-22-20-18-16-14-12-10-8-6-4-2/h31,35,67-68,72-73H,3-30,32-34,36-66H2,1-2H3,(H,71,74)/b35-31-. The van der Waals surface area contributed by atoms with E-state index in [1.165, 1.54) is 315 Å². The molecule has 0 aromatic rings. The van der Waals surface area contributed by atoms with Crippen molar-refractivity contribution in [2.45, 2.75) is 411 Å². The van der Waals surface area contributed by atoms with E-state index in [4.69, 9.17) is 4.74 Å². The lowest BCUT2D eigenvalue weighted by molar-refractivity contribution is -0.143. The quantitative estimate of drug-likeness (QED) is 0.0320. The molecule has 0 aliphatic heterocycles. The summed E-state index contributed by atoms with van der Waals surface area (Å²) in [6, 6.07) is -0.552. The van der Waals surface area contributed by atoms with E-state index in [-0.39, 0.29) is 18.5 Å². The number of aliphatic hydroxyl groups is 2. The number of esters is 1. The van der Waals surface area contributed by atoms with E-state index in [9.17, 15) is 19.8 Å². The van der Waals surface area contributed by atoms with Crippen molar-refractivity contribution in [2.24, 2.45) is 0 Å². The number of allylic oxidation sites excluding steroid dienone is 2. The predicted octanol–water partition coefficient (Wildman–Crippen LogP) is 22.4. The van der Waals surface area contributed by atoms with Crippen molar-refractivity contribution in [1.82, 2.24) is 5.32 Å². The molecule has 1 amide bonds. The molecule has 0 radical (unpaired) electrons. The van der Waals surface area contributed by atoms with Gasteiger partial charge in [0.15, 0.2) is 0 Å². The molecule has 6 nitrogen and oxygen atoms in total. The van der Waals surface area contributed by atoms with Crippen LogP contribution in [-0.2, 0) is 14.3 Å². The molecule has 452 valence electrons. The normalized spacial score (nSPS) is 12.5. The van der Waals surface area contributed by atoms with Crippen LogP contribution in [0.1, 0.15) is 399 Å². The predicted molar refractivity (Wildman–Crippen MR) is 333 cm³/mol. The van der Waals surface area contributed by atoms with Crippen molar-refractivity contribution in [3.05, 3.63) is 12.2 Å². The van der Waals surface area contributed by atoms with Crippen LogP contribution in [-0.4, -0.2) is 47.4 Å². The van der Waals surface area contributed by atoms with Crippen LogP contribution in [0, 0.1) is 0 Å². The highest BCUT2D eigenvalue weighted by atomic mass is 16.5. The number of unbranched alkanes of at least 4 members (excludes halogenated alkanes) is 53. The average molecular weight is 1070 g/mol. The molecule has 0 bridgehead atoms. The Hall–Kier alpha value is -1.40. The Morgan fingerprint density at radius 2 is 0.618 bits per heavy atom. The summed E-state index contributed by atoms with van der Waals surface area (Å²) in [6.45, 7) is 4.99. The molecule has 2 unspecified atom stereocenters. The van der Waals surface area contributed by atoms with Crippen molar-refractivity contribution in [3.63, 3.8) is 0 Å². The summed E-state index contributed by atoms with van der Waals surface area (Å²) in [4.78, 5) is 24.7. The van der Waals surface area contributed by atoms with Gasteiger partial charge in [0.2, 0.25) is 5.91 Å². The first-order valence-corrected chi connectivity index (χ1v) is 34.9. The second kappa shape index (κ2) is 66.1. The smallest absolute Gasteiger partial charge is 0.305 e. The SMILES string of the molecule is CCCCCCCCCCCCCCCCCCCCCCCCC(O)C(CO)NC(=O)CCCCCCC/C=C\CCCCCCCCCCCOC(=O)CCCCCCCCCCCCCCCCCCCCC. The van der Waals surface area contributed by atoms with Crippen LogP contribution in [0.2, 0.25) is 0 Å². The first kappa shape index (κ1) is 74.6. The number of hydrogen-bond acceptors (Lipinski definition) is 5. The number of hydrogen-bond donors (Lipinski definition) is 3. The van der Waals surface area contributed by atoms with Gasteiger partial charge in [-0.3, -0.25) is 9.59 Å². The van der Waals surface area contributed by atoms with Crippen LogP contribution in [0.4, 0.5) is 0 Å². The lowest BCUT2D eigenvalue weighted by Gasteiger charge is -2.22. The van der Waals surface area contributed by atoms with Crippen LogP contribution < -0.4 is 5.32 Å². The van der Waals surface area contributed by atoms with Gasteiger partial charge in [-0.2, -0.15) is 0 Å². The first-order valence-electron chi connectivity index (χ1n) is 34.9. The fourth-order valence-corrected chi connectivity index (χ4v) is 11.2. The van der Waals surface area contributed by atoms with E-state index >= 15 is 0 Å². The Morgan fingerprint density at radius 1 is 0.355 bits per heavy atom. The van der Waals surface area contributed by atoms with Crippen molar-refractivity contribution < 1.29 is 24.5 Å². The van der Waals surface area contributed by atoms with Gasteiger partial charge >= 0.3 is 5.97 Å². The molecular formula is C70H137NO5. The largest absolute Gasteiger partial charge is 0.466 e. The van der Waals surface area contributed by atoms with Gasteiger partial charge in [-0.05, 0) is 51.4 Å². The number of nitrogens with one attached hydrogen (secondary N) is 1. The Balaban J connectivity index is 3.41. The van der Waals surface area contributed by atoms with Gasteiger partial charge < -0.3 is 20.3 Å². The zero-order chi connectivity index (χ0) is 55.0. The molecule has 0 aromatic heterocycles. The maximum Gasteiger partial charge on any atom is 0.305 e. The molecule has 0 spiro atoms. The lowest BCUT2D eigenvalue weighted by atomic mass is 10.0. The number of aliphatic hydroxyl groups excluding tert-OH is 2. The molecule has 0 rings (SSSR count). The third-order valence-electron chi connectivity index (χ3n) is 16.6. The Morgan fingerprint density at radius 3 is 0.934 bits per heavy atom. The molecule has 76 heavy (non-hydrogen) atoms. The van der Waals surface area contributed by atoms with Gasteiger partial charge in [0.25, 0.3) is 0 Å². The number of carbonyl (C=O) groups is 2. The van der Waals surface area contributed by atoms with Crippen LogP contribution in [0.5, 0.6) is 0 Å². The summed E-state index contributed by atoms with van der Waals surface area (Å²) in [6.07, 6.45) is 81.0. The number of ether oxygens (including phenoxy) is 1. The van der Waals surface area contributed by atoms with Crippen molar-refractivity contribution >= 4 is 11.9 Å². The summed E-state index contributed by atoms with van der Waals surface area (Å²) in [5.74, 6) is -0.0352. The third-order valence-corrected chi connectivity index (χ3v) is 16.6. The highest BCUT2D eigenvalue weighted by molar-refractivity contribution is 5.76. The van der Waals surface area contributed by atoms with Crippen molar-refractivity contribution in [2.75, 3.05) is 13.2 Å². The Kier molecular flexibility index (Phi) is 64.9. The minimum Gasteiger partial charge on any atom is -0.466 e. The summed E-state index contributed by atoms with van der Waals surface area (Å²) >= 11 is 0. The van der Waals surface area contributed by atoms with Gasteiger partial charge in [-0.25, -0.2) is 0 Å². The highest BCUT2D eigenvalue weighted by Crippen LogP contribution is 2.19. The molecule has 0 heterocycles. The molecule has 0 aliphatic rings. The molecule has 3 N–H and O–H groups in total. The van der Waals surface area contributed by atoms with Crippen LogP contribution in [0.25, 0.3) is 0 Å². The van der Waals surface area contributed by atoms with Gasteiger partial charge in [-0.15, -0.1) is 0 Å². The third kappa shape index (κ3) is 61.8. The minimum atomic E-state index is -0.674. The monoisotopic (exact) mass is 1070 g/mol. The van der Waals surface area contributed by atoms with Crippen molar-refractivity contribution in [1.29, 1.82) is 0 Å². The summed E-state index contributed by atoms with van der Waals surface area (Å²) in [5.41, 5.74) is 0. The van der Waals surface area contributed by atoms with Crippen LogP contribution in [0.15, 0.2) is 12.2 Å². The molecule has 0 aromatic carbocycles. The highest BCUT2D eigenvalue weighted by Gasteiger charge is 2.20. The van der Waals surface area contributed by atoms with Crippen molar-refractivity contribution in [3.8, 4) is 0 Å². The van der Waals surface area contributed by atoms with Gasteiger partial charge in [0.05, 0.1) is 25.4 Å². The van der Waals surface area contributed by atoms with Crippen LogP contribution in [0.3, 0.4) is 0 Å². The first-order chi connectivity index (χ1) is 37.5. The number of carbonyl (C=O) groups excluding carboxylic acids is 2. The van der Waals surface area contributed by atoms with Gasteiger partial charge in [-0.1, -0.05) is 347 Å². The molecule has 0 saturated carbocycles. The van der Waals surface area contributed by atoms with E-state index in [0.717, 1.165) is 51.4 Å². The summed E-state index contributed by atoms with van der Waals surface area (Å²) in [7, 11) is 0. The van der Waals surface area contributed by atoms with E-state index in [1.807, 2.05) is 0 Å². The van der Waals surface area contributed by atoms with E-state index < -0.39 is 12.1 Å². The molecule has 2 atom stereocenters. The number of rotatable bonds is 66. The summed E-state index contributed by atoms with van der Waals surface area (Å²) in [5, 5.41) is 23.4. The molecule has 0 aliphatic carbocycles. The maximum atomic E-state index is 12.5. The second-order valence-corrected chi connectivity index (χ2v) is 24.2. The fourth-order valence-electron chi connectivity index (χ4n) is 11.2. The molecule has 0 saturated heterocycles. The Labute approximate surface area is 476 Å². The Bertz CT molecular complexity index is 1140. The van der Waals surface area contributed by atoms with E-state index in [1.54, 1.807) is 0 Å². The number of amides is 1. The molecular weight excluding hydrogens is 935 g/mol. The zero-order valence-electron chi connectivity index (χ0n) is 51.8. The van der Waals surface area contributed by atoms with E-state index in [2.05, 4.69) is 31.3 Å². The summed E-state index contributed by atoms with van der Waals surface area (Å²) < 4.78 is 5.50. The van der Waals surface area contributed by atoms with Crippen LogP contribution >= 0.6 is 0 Å². The fraction of sp³-hybridized carbons (Fsp3) is 0.943. The van der Waals surface area contributed by atoms with Gasteiger partial charge in [0.1, 0.15) is 0 Å².